The number of hydrogen-bond donors (Lipinski definition) is 1. The third-order valence-electron chi connectivity index (χ3n) is 5.10. The van der Waals surface area contributed by atoms with Crippen LogP contribution in [-0.4, -0.2) is 18.0 Å². The first-order valence-electron chi connectivity index (χ1n) is 9.66. The number of carbonyl (C=O) groups excluding carboxylic acids is 1. The number of fused-ring (bicyclic) bond motifs is 2. The molecule has 5 rings (SSSR count). The van der Waals surface area contributed by atoms with Crippen LogP contribution in [0.15, 0.2) is 87.8 Å². The summed E-state index contributed by atoms with van der Waals surface area (Å²) < 4.78 is 12.2. The van der Waals surface area contributed by atoms with Gasteiger partial charge in [0.05, 0.1) is 7.11 Å². The van der Waals surface area contributed by atoms with E-state index in [-0.39, 0.29) is 5.91 Å². The van der Waals surface area contributed by atoms with Gasteiger partial charge < -0.3 is 14.5 Å². The highest BCUT2D eigenvalue weighted by molar-refractivity contribution is 9.10. The molecule has 5 aromatic rings. The van der Waals surface area contributed by atoms with Gasteiger partial charge in [-0.15, -0.1) is 0 Å². The zero-order valence-corrected chi connectivity index (χ0v) is 18.1. The summed E-state index contributed by atoms with van der Waals surface area (Å²) in [7, 11) is 1.59. The maximum absolute atomic E-state index is 12.6. The van der Waals surface area contributed by atoms with Crippen molar-refractivity contribution in [3.63, 3.8) is 0 Å². The van der Waals surface area contributed by atoms with Gasteiger partial charge in [0.2, 0.25) is 5.89 Å². The van der Waals surface area contributed by atoms with E-state index in [2.05, 4.69) is 32.3 Å². The minimum atomic E-state index is -0.204. The molecular weight excluding hydrogens is 456 g/mol. The number of nitrogens with zero attached hydrogens (tertiary/aromatic N) is 1. The molecule has 31 heavy (non-hydrogen) atoms. The van der Waals surface area contributed by atoms with Crippen LogP contribution in [0.4, 0.5) is 5.69 Å². The second kappa shape index (κ2) is 7.89. The number of amides is 1. The third-order valence-corrected chi connectivity index (χ3v) is 5.79. The number of rotatable bonds is 4. The van der Waals surface area contributed by atoms with Crippen molar-refractivity contribution < 1.29 is 13.9 Å². The van der Waals surface area contributed by atoms with E-state index in [0.717, 1.165) is 20.8 Å². The van der Waals surface area contributed by atoms with Gasteiger partial charge >= 0.3 is 0 Å². The number of benzene rings is 4. The van der Waals surface area contributed by atoms with Gasteiger partial charge in [0.1, 0.15) is 11.3 Å². The van der Waals surface area contributed by atoms with Gasteiger partial charge in [-0.1, -0.05) is 40.2 Å². The number of carbonyl (C=O) groups is 1. The molecule has 1 aromatic heterocycles. The van der Waals surface area contributed by atoms with Crippen molar-refractivity contribution in [1.29, 1.82) is 0 Å². The summed E-state index contributed by atoms with van der Waals surface area (Å²) in [5.41, 5.74) is 3.44. The average molecular weight is 473 g/mol. The summed E-state index contributed by atoms with van der Waals surface area (Å²) in [6, 6.07) is 24.5. The van der Waals surface area contributed by atoms with Crippen molar-refractivity contribution in [3.05, 3.63) is 88.9 Å². The molecule has 0 bridgehead atoms. The highest BCUT2D eigenvalue weighted by atomic mass is 79.9. The van der Waals surface area contributed by atoms with Crippen molar-refractivity contribution in [2.75, 3.05) is 12.4 Å². The van der Waals surface area contributed by atoms with E-state index in [9.17, 15) is 4.79 Å². The molecular formula is C25H17BrN2O3. The SMILES string of the molecule is COc1ccc(C(=O)Nc2ccc3oc(-c4cccc5c(Br)cccc45)nc3c2)cc1. The Morgan fingerprint density at radius 2 is 1.74 bits per heavy atom. The molecule has 0 aliphatic rings. The van der Waals surface area contributed by atoms with Crippen molar-refractivity contribution in [2.24, 2.45) is 0 Å². The fourth-order valence-electron chi connectivity index (χ4n) is 3.52. The molecule has 4 aromatic carbocycles. The summed E-state index contributed by atoms with van der Waals surface area (Å²) in [4.78, 5) is 17.2. The monoisotopic (exact) mass is 472 g/mol. The number of oxazole rings is 1. The Morgan fingerprint density at radius 3 is 2.55 bits per heavy atom. The lowest BCUT2D eigenvalue weighted by atomic mass is 10.0. The number of halogens is 1. The molecule has 0 fully saturated rings. The minimum Gasteiger partial charge on any atom is -0.497 e. The Morgan fingerprint density at radius 1 is 0.968 bits per heavy atom. The molecule has 0 atom stereocenters. The summed E-state index contributed by atoms with van der Waals surface area (Å²) in [6.07, 6.45) is 0. The van der Waals surface area contributed by atoms with Crippen LogP contribution < -0.4 is 10.1 Å². The molecule has 0 saturated carbocycles. The number of ether oxygens (including phenoxy) is 1. The highest BCUT2D eigenvalue weighted by Gasteiger charge is 2.14. The van der Waals surface area contributed by atoms with Crippen molar-refractivity contribution in [1.82, 2.24) is 4.98 Å². The Kier molecular flexibility index (Phi) is 4.92. The largest absolute Gasteiger partial charge is 0.497 e. The molecule has 1 amide bonds. The minimum absolute atomic E-state index is 0.204. The zero-order valence-electron chi connectivity index (χ0n) is 16.6. The number of methoxy groups -OCH3 is 1. The zero-order chi connectivity index (χ0) is 21.4. The van der Waals surface area contributed by atoms with E-state index in [1.54, 1.807) is 37.4 Å². The lowest BCUT2D eigenvalue weighted by Gasteiger charge is -2.06. The van der Waals surface area contributed by atoms with Gasteiger partial charge in [-0.05, 0) is 65.4 Å². The van der Waals surface area contributed by atoms with Crippen LogP contribution in [0, 0.1) is 0 Å². The second-order valence-electron chi connectivity index (χ2n) is 7.02. The fraction of sp³-hybridized carbons (Fsp3) is 0.0400. The number of nitrogens with one attached hydrogen (secondary N) is 1. The predicted molar refractivity (Wildman–Crippen MR) is 126 cm³/mol. The summed E-state index contributed by atoms with van der Waals surface area (Å²) in [5, 5.41) is 5.05. The lowest BCUT2D eigenvalue weighted by molar-refractivity contribution is 0.102. The lowest BCUT2D eigenvalue weighted by Crippen LogP contribution is -2.11. The first kappa shape index (κ1) is 19.3. The van der Waals surface area contributed by atoms with E-state index in [0.29, 0.717) is 34.0 Å². The molecule has 0 spiro atoms. The summed E-state index contributed by atoms with van der Waals surface area (Å²) >= 11 is 3.60. The van der Waals surface area contributed by atoms with Crippen molar-refractivity contribution in [3.8, 4) is 17.2 Å². The van der Waals surface area contributed by atoms with Crippen LogP contribution in [-0.2, 0) is 0 Å². The molecule has 6 heteroatoms. The van der Waals surface area contributed by atoms with E-state index >= 15 is 0 Å². The molecule has 0 saturated heterocycles. The maximum atomic E-state index is 12.6. The highest BCUT2D eigenvalue weighted by Crippen LogP contribution is 2.34. The summed E-state index contributed by atoms with van der Waals surface area (Å²) in [5.74, 6) is 1.04. The standard InChI is InChI=1S/C25H17BrN2O3/c1-30-17-11-8-15(9-12-17)24(29)27-16-10-13-23-22(14-16)28-25(31-23)20-6-2-5-19-18(20)4-3-7-21(19)26/h2-14H,1H3,(H,27,29). The first-order valence-corrected chi connectivity index (χ1v) is 10.5. The molecule has 152 valence electrons. The van der Waals surface area contributed by atoms with Gasteiger partial charge in [-0.2, -0.15) is 0 Å². The van der Waals surface area contributed by atoms with Gasteiger partial charge in [0.25, 0.3) is 5.91 Å². The Balaban J connectivity index is 1.47. The maximum Gasteiger partial charge on any atom is 0.255 e. The van der Waals surface area contributed by atoms with Crippen LogP contribution in [0.3, 0.4) is 0 Å². The number of anilines is 1. The molecule has 5 nitrogen and oxygen atoms in total. The normalized spacial score (nSPS) is 11.0. The van der Waals surface area contributed by atoms with Crippen LogP contribution in [0.5, 0.6) is 5.75 Å². The van der Waals surface area contributed by atoms with Crippen LogP contribution in [0.1, 0.15) is 10.4 Å². The van der Waals surface area contributed by atoms with Crippen LogP contribution in [0.25, 0.3) is 33.3 Å². The Bertz CT molecular complexity index is 1420. The first-order chi connectivity index (χ1) is 15.1. The van der Waals surface area contributed by atoms with E-state index in [4.69, 9.17) is 9.15 Å². The van der Waals surface area contributed by atoms with E-state index in [1.807, 2.05) is 42.5 Å². The van der Waals surface area contributed by atoms with Gasteiger partial charge in [0.15, 0.2) is 5.58 Å². The van der Waals surface area contributed by atoms with E-state index in [1.165, 1.54) is 0 Å². The predicted octanol–water partition coefficient (Wildman–Crippen LogP) is 6.67. The number of aromatic nitrogens is 1. The van der Waals surface area contributed by atoms with Gasteiger partial charge in [-0.25, -0.2) is 4.98 Å². The molecule has 0 radical (unpaired) electrons. The average Bonchev–Trinajstić information content (AvgIpc) is 3.22. The van der Waals surface area contributed by atoms with Gasteiger partial charge in [-0.3, -0.25) is 4.79 Å². The quantitative estimate of drug-likeness (QED) is 0.317. The molecule has 0 aliphatic carbocycles. The topological polar surface area (TPSA) is 64.4 Å². The smallest absolute Gasteiger partial charge is 0.255 e. The van der Waals surface area contributed by atoms with Crippen LogP contribution >= 0.6 is 15.9 Å². The van der Waals surface area contributed by atoms with Crippen molar-refractivity contribution >= 4 is 49.4 Å². The summed E-state index contributed by atoms with van der Waals surface area (Å²) in [6.45, 7) is 0. The van der Waals surface area contributed by atoms with E-state index < -0.39 is 0 Å². The van der Waals surface area contributed by atoms with Crippen molar-refractivity contribution in [2.45, 2.75) is 0 Å². The molecule has 0 unspecified atom stereocenters. The number of hydrogen-bond acceptors (Lipinski definition) is 4. The molecule has 1 heterocycles. The Labute approximate surface area is 186 Å². The van der Waals surface area contributed by atoms with Crippen LogP contribution in [0.2, 0.25) is 0 Å². The molecule has 0 aliphatic heterocycles. The molecule has 1 N–H and O–H groups in total. The second-order valence-corrected chi connectivity index (χ2v) is 7.88. The third kappa shape index (κ3) is 3.66. The Hall–Kier alpha value is -3.64. The van der Waals surface area contributed by atoms with Gasteiger partial charge in [0, 0.05) is 21.3 Å². The fourth-order valence-corrected chi connectivity index (χ4v) is 4.02.